The van der Waals surface area contributed by atoms with Crippen molar-refractivity contribution in [3.8, 4) is 0 Å². The Morgan fingerprint density at radius 3 is 2.75 bits per heavy atom. The molecule has 1 aliphatic heterocycles. The summed E-state index contributed by atoms with van der Waals surface area (Å²) in [6.07, 6.45) is 1.92. The van der Waals surface area contributed by atoms with E-state index in [1.54, 1.807) is 25.2 Å². The second kappa shape index (κ2) is 6.32. The van der Waals surface area contributed by atoms with Gasteiger partial charge in [0, 0.05) is 24.1 Å². The predicted molar refractivity (Wildman–Crippen MR) is 84.6 cm³/mol. The van der Waals surface area contributed by atoms with Crippen molar-refractivity contribution in [2.24, 2.45) is 0 Å². The normalized spacial score (nSPS) is 21.4. The fourth-order valence-electron chi connectivity index (χ4n) is 2.44. The lowest BCUT2D eigenvalue weighted by Crippen LogP contribution is -2.47. The zero-order valence-electron chi connectivity index (χ0n) is 11.5. The molecule has 1 aromatic carbocycles. The number of likely N-dealkylation sites (N-methyl/N-ethyl adjacent to an activating group) is 2. The van der Waals surface area contributed by atoms with E-state index in [-0.39, 0.29) is 10.9 Å². The molecule has 0 spiro atoms. The fraction of sp³-hybridized carbons (Fsp3) is 0.538. The Hall–Kier alpha value is -0.140. The summed E-state index contributed by atoms with van der Waals surface area (Å²) in [5, 5.41) is 0.504. The minimum atomic E-state index is -3.48. The Morgan fingerprint density at radius 2 is 2.15 bits per heavy atom. The minimum absolute atomic E-state index is 0.0215. The summed E-state index contributed by atoms with van der Waals surface area (Å²) >= 11 is 9.19. The molecule has 0 N–H and O–H groups in total. The van der Waals surface area contributed by atoms with Gasteiger partial charge >= 0.3 is 0 Å². The topological polar surface area (TPSA) is 40.6 Å². The van der Waals surface area contributed by atoms with Gasteiger partial charge < -0.3 is 4.90 Å². The molecule has 0 amide bonds. The SMILES string of the molecule is CN1CCCC(N(C)S(=O)(=O)c2ccc(Cl)c(Br)c2)C1. The maximum absolute atomic E-state index is 12.6. The first kappa shape index (κ1) is 16.2. The molecule has 112 valence electrons. The monoisotopic (exact) mass is 380 g/mol. The fourth-order valence-corrected chi connectivity index (χ4v) is 4.49. The largest absolute Gasteiger partial charge is 0.305 e. The number of halogens is 2. The van der Waals surface area contributed by atoms with Gasteiger partial charge in [0.05, 0.1) is 9.92 Å². The molecule has 1 fully saturated rings. The van der Waals surface area contributed by atoms with Crippen LogP contribution in [0.15, 0.2) is 27.6 Å². The third-order valence-corrected chi connectivity index (χ3v) is 6.80. The average molecular weight is 382 g/mol. The summed E-state index contributed by atoms with van der Waals surface area (Å²) in [6, 6.07) is 4.72. The van der Waals surface area contributed by atoms with Crippen LogP contribution in [0.25, 0.3) is 0 Å². The van der Waals surface area contributed by atoms with Crippen LogP contribution in [0, 0.1) is 0 Å². The standard InChI is InChI=1S/C13H18BrClN2O2S/c1-16-7-3-4-10(9-16)17(2)20(18,19)11-5-6-13(15)12(14)8-11/h5-6,8,10H,3-4,7,9H2,1-2H3. The van der Waals surface area contributed by atoms with Crippen LogP contribution in [-0.2, 0) is 10.0 Å². The second-order valence-electron chi connectivity index (χ2n) is 5.16. The van der Waals surface area contributed by atoms with E-state index in [4.69, 9.17) is 11.6 Å². The maximum Gasteiger partial charge on any atom is 0.243 e. The number of nitrogens with zero attached hydrogens (tertiary/aromatic N) is 2. The number of piperidine rings is 1. The smallest absolute Gasteiger partial charge is 0.243 e. The first-order chi connectivity index (χ1) is 9.32. The van der Waals surface area contributed by atoms with Crippen LogP contribution in [0.2, 0.25) is 5.02 Å². The number of sulfonamides is 1. The average Bonchev–Trinajstić information content (AvgIpc) is 2.40. The zero-order chi connectivity index (χ0) is 14.9. The number of hydrogen-bond donors (Lipinski definition) is 0. The highest BCUT2D eigenvalue weighted by Gasteiger charge is 2.30. The van der Waals surface area contributed by atoms with E-state index in [1.165, 1.54) is 4.31 Å². The van der Waals surface area contributed by atoms with Gasteiger partial charge in [-0.05, 0) is 60.6 Å². The molecular formula is C13H18BrClN2O2S. The third-order valence-electron chi connectivity index (χ3n) is 3.68. The van der Waals surface area contributed by atoms with Crippen molar-refractivity contribution < 1.29 is 8.42 Å². The van der Waals surface area contributed by atoms with Gasteiger partial charge in [-0.3, -0.25) is 0 Å². The highest BCUT2D eigenvalue weighted by atomic mass is 79.9. The lowest BCUT2D eigenvalue weighted by atomic mass is 10.1. The summed E-state index contributed by atoms with van der Waals surface area (Å²) in [5.74, 6) is 0. The molecule has 1 unspecified atom stereocenters. The Bertz CT molecular complexity index is 594. The van der Waals surface area contributed by atoms with Crippen molar-refractivity contribution in [3.05, 3.63) is 27.7 Å². The van der Waals surface area contributed by atoms with Gasteiger partial charge in [0.2, 0.25) is 10.0 Å². The van der Waals surface area contributed by atoms with Gasteiger partial charge in [-0.15, -0.1) is 0 Å². The van der Waals surface area contributed by atoms with Crippen LogP contribution in [0.4, 0.5) is 0 Å². The van der Waals surface area contributed by atoms with Gasteiger partial charge in [-0.25, -0.2) is 8.42 Å². The molecule has 2 rings (SSSR count). The number of likely N-dealkylation sites (tertiary alicyclic amines) is 1. The third kappa shape index (κ3) is 3.36. The van der Waals surface area contributed by atoms with Crippen LogP contribution in [0.1, 0.15) is 12.8 Å². The molecule has 0 radical (unpaired) electrons. The highest BCUT2D eigenvalue weighted by molar-refractivity contribution is 9.10. The molecule has 4 nitrogen and oxygen atoms in total. The lowest BCUT2D eigenvalue weighted by Gasteiger charge is -2.35. The van der Waals surface area contributed by atoms with E-state index < -0.39 is 10.0 Å². The van der Waals surface area contributed by atoms with Crippen molar-refractivity contribution in [1.29, 1.82) is 0 Å². The first-order valence-electron chi connectivity index (χ1n) is 6.44. The second-order valence-corrected chi connectivity index (χ2v) is 8.41. The Kier molecular flexibility index (Phi) is 5.13. The van der Waals surface area contributed by atoms with Gasteiger partial charge in [0.25, 0.3) is 0 Å². The van der Waals surface area contributed by atoms with Crippen LogP contribution >= 0.6 is 27.5 Å². The van der Waals surface area contributed by atoms with Gasteiger partial charge in [0.1, 0.15) is 0 Å². The predicted octanol–water partition coefficient (Wildman–Crippen LogP) is 2.82. The molecule has 7 heteroatoms. The molecule has 1 aliphatic rings. The molecule has 1 heterocycles. The minimum Gasteiger partial charge on any atom is -0.305 e. The van der Waals surface area contributed by atoms with Gasteiger partial charge in [-0.2, -0.15) is 4.31 Å². The Morgan fingerprint density at radius 1 is 1.45 bits per heavy atom. The van der Waals surface area contributed by atoms with Crippen molar-refractivity contribution in [3.63, 3.8) is 0 Å². The summed E-state index contributed by atoms with van der Waals surface area (Å²) < 4.78 is 27.4. The first-order valence-corrected chi connectivity index (χ1v) is 9.05. The Balaban J connectivity index is 2.26. The molecule has 20 heavy (non-hydrogen) atoms. The van der Waals surface area contributed by atoms with Crippen LogP contribution < -0.4 is 0 Å². The molecule has 1 aromatic rings. The molecule has 1 atom stereocenters. The molecule has 0 aromatic heterocycles. The van der Waals surface area contributed by atoms with E-state index in [0.29, 0.717) is 9.50 Å². The molecule has 0 bridgehead atoms. The molecular weight excluding hydrogens is 364 g/mol. The zero-order valence-corrected chi connectivity index (χ0v) is 14.7. The van der Waals surface area contributed by atoms with Crippen LogP contribution in [0.3, 0.4) is 0 Å². The van der Waals surface area contributed by atoms with Crippen LogP contribution in [0.5, 0.6) is 0 Å². The van der Waals surface area contributed by atoms with E-state index >= 15 is 0 Å². The van der Waals surface area contributed by atoms with E-state index in [1.807, 2.05) is 7.05 Å². The number of rotatable bonds is 3. The van der Waals surface area contributed by atoms with E-state index in [0.717, 1.165) is 25.9 Å². The van der Waals surface area contributed by atoms with E-state index in [9.17, 15) is 8.42 Å². The van der Waals surface area contributed by atoms with Crippen molar-refractivity contribution in [2.45, 2.75) is 23.8 Å². The highest BCUT2D eigenvalue weighted by Crippen LogP contribution is 2.28. The van der Waals surface area contributed by atoms with Crippen molar-refractivity contribution >= 4 is 37.6 Å². The van der Waals surface area contributed by atoms with E-state index in [2.05, 4.69) is 20.8 Å². The van der Waals surface area contributed by atoms with Crippen molar-refractivity contribution in [1.82, 2.24) is 9.21 Å². The van der Waals surface area contributed by atoms with Gasteiger partial charge in [0.15, 0.2) is 0 Å². The number of benzene rings is 1. The lowest BCUT2D eigenvalue weighted by molar-refractivity contribution is 0.187. The molecule has 0 saturated carbocycles. The van der Waals surface area contributed by atoms with Crippen molar-refractivity contribution in [2.75, 3.05) is 27.2 Å². The summed E-state index contributed by atoms with van der Waals surface area (Å²) in [7, 11) is 0.191. The number of hydrogen-bond acceptors (Lipinski definition) is 3. The van der Waals surface area contributed by atoms with Crippen LogP contribution in [-0.4, -0.2) is 50.8 Å². The van der Waals surface area contributed by atoms with Gasteiger partial charge in [-0.1, -0.05) is 11.6 Å². The maximum atomic E-state index is 12.6. The Labute approximate surface area is 133 Å². The molecule has 0 aliphatic carbocycles. The quantitative estimate of drug-likeness (QED) is 0.808. The molecule has 1 saturated heterocycles. The summed E-state index contributed by atoms with van der Waals surface area (Å²) in [5.41, 5.74) is 0. The summed E-state index contributed by atoms with van der Waals surface area (Å²) in [4.78, 5) is 2.43. The summed E-state index contributed by atoms with van der Waals surface area (Å²) in [6.45, 7) is 1.79.